The number of benzene rings is 8. The van der Waals surface area contributed by atoms with Crippen LogP contribution < -0.4 is 10.4 Å². The molecule has 8 aromatic rings. The van der Waals surface area contributed by atoms with Crippen LogP contribution in [0.4, 0.5) is 0 Å². The molecule has 0 saturated heterocycles. The Balaban J connectivity index is 1.01. The molecule has 232 valence electrons. The smallest absolute Gasteiger partial charge is 0.0159 e. The number of hydrogen-bond acceptors (Lipinski definition) is 0. The molecule has 0 fully saturated rings. The molecular weight excluding hydrogens is 589 g/mol. The predicted molar refractivity (Wildman–Crippen MR) is 209 cm³/mol. The van der Waals surface area contributed by atoms with E-state index in [0.717, 1.165) is 6.42 Å². The van der Waals surface area contributed by atoms with E-state index in [9.17, 15) is 0 Å². The first-order chi connectivity index (χ1) is 24.0. The molecule has 0 spiro atoms. The van der Waals surface area contributed by atoms with Gasteiger partial charge in [-0.3, -0.25) is 0 Å². The topological polar surface area (TPSA) is 0 Å². The molecule has 0 amide bonds. The molecule has 0 radical (unpaired) electrons. The summed E-state index contributed by atoms with van der Waals surface area (Å²) in [4.78, 5) is 0. The molecule has 2 aliphatic rings. The summed E-state index contributed by atoms with van der Waals surface area (Å²) in [5, 5.41) is 10.5. The number of fused-ring (bicyclic) bond motifs is 9. The maximum Gasteiger partial charge on any atom is 0.0159 e. The maximum atomic E-state index is 2.48. The Hall–Kier alpha value is -5.72. The lowest BCUT2D eigenvalue weighted by Crippen LogP contribution is -2.28. The third kappa shape index (κ3) is 4.37. The molecule has 0 heterocycles. The second-order valence-electron chi connectivity index (χ2n) is 14.5. The van der Waals surface area contributed by atoms with E-state index in [2.05, 4.69) is 178 Å². The monoisotopic (exact) mass is 624 g/mol. The lowest BCUT2D eigenvalue weighted by Gasteiger charge is -2.22. The summed E-state index contributed by atoms with van der Waals surface area (Å²) in [6, 6.07) is 56.8. The molecule has 10 rings (SSSR count). The van der Waals surface area contributed by atoms with Crippen molar-refractivity contribution >= 4 is 44.5 Å². The summed E-state index contributed by atoms with van der Waals surface area (Å²) in [5.74, 6) is 0.341. The highest BCUT2D eigenvalue weighted by molar-refractivity contribution is 6.23. The summed E-state index contributed by atoms with van der Waals surface area (Å²) in [6.45, 7) is 4.72. The lowest BCUT2D eigenvalue weighted by molar-refractivity contribution is 0.660. The van der Waals surface area contributed by atoms with Crippen LogP contribution in [0.5, 0.6) is 0 Å². The maximum absolute atomic E-state index is 2.48. The van der Waals surface area contributed by atoms with E-state index >= 15 is 0 Å². The van der Waals surface area contributed by atoms with Crippen LogP contribution in [0.3, 0.4) is 0 Å². The van der Waals surface area contributed by atoms with Gasteiger partial charge in [0.15, 0.2) is 0 Å². The van der Waals surface area contributed by atoms with Crippen molar-refractivity contribution in [3.8, 4) is 33.4 Å². The molecule has 8 aromatic carbocycles. The number of hydrogen-bond donors (Lipinski definition) is 0. The Bertz CT molecular complexity index is 2780. The first kappa shape index (κ1) is 28.3. The molecule has 0 bridgehead atoms. The van der Waals surface area contributed by atoms with Crippen LogP contribution in [0, 0.1) is 0 Å². The van der Waals surface area contributed by atoms with E-state index in [0.29, 0.717) is 5.92 Å². The SMILES string of the molecule is CC1(C)c2ccccc2-c2ccc(-c3ccc4c(c3)=CCC(c3cccc(-c5cc6ccc7ccccc7c6c6ccccc56)c3)C=4)cc21. The molecule has 0 saturated carbocycles. The van der Waals surface area contributed by atoms with Crippen molar-refractivity contribution in [3.05, 3.63) is 179 Å². The molecular formula is C49H36. The van der Waals surface area contributed by atoms with Gasteiger partial charge in [0, 0.05) is 11.3 Å². The average Bonchev–Trinajstić information content (AvgIpc) is 3.39. The van der Waals surface area contributed by atoms with Crippen LogP contribution in [0.2, 0.25) is 0 Å². The summed E-state index contributed by atoms with van der Waals surface area (Å²) < 4.78 is 0. The molecule has 0 heteroatoms. The average molecular weight is 625 g/mol. The van der Waals surface area contributed by atoms with Crippen molar-refractivity contribution in [1.29, 1.82) is 0 Å². The Morgan fingerprint density at radius 1 is 0.469 bits per heavy atom. The van der Waals surface area contributed by atoms with Gasteiger partial charge in [0.05, 0.1) is 0 Å². The largest absolute Gasteiger partial charge is 0.0757 e. The van der Waals surface area contributed by atoms with Crippen LogP contribution in [-0.2, 0) is 5.41 Å². The minimum Gasteiger partial charge on any atom is -0.0757 e. The van der Waals surface area contributed by atoms with Crippen molar-refractivity contribution in [2.24, 2.45) is 0 Å². The third-order valence-electron chi connectivity index (χ3n) is 11.3. The molecule has 2 aliphatic carbocycles. The lowest BCUT2D eigenvalue weighted by atomic mass is 9.81. The van der Waals surface area contributed by atoms with Crippen LogP contribution in [0.15, 0.2) is 152 Å². The van der Waals surface area contributed by atoms with Crippen LogP contribution in [0.1, 0.15) is 42.9 Å². The summed E-state index contributed by atoms with van der Waals surface area (Å²) >= 11 is 0. The van der Waals surface area contributed by atoms with Gasteiger partial charge >= 0.3 is 0 Å². The molecule has 0 aliphatic heterocycles. The van der Waals surface area contributed by atoms with Gasteiger partial charge in [0.1, 0.15) is 0 Å². The molecule has 0 N–H and O–H groups in total. The molecule has 1 atom stereocenters. The zero-order chi connectivity index (χ0) is 32.7. The molecule has 49 heavy (non-hydrogen) atoms. The Kier molecular flexibility index (Phi) is 6.15. The zero-order valence-corrected chi connectivity index (χ0v) is 27.9. The fourth-order valence-corrected chi connectivity index (χ4v) is 8.79. The van der Waals surface area contributed by atoms with Gasteiger partial charge in [-0.05, 0) is 117 Å². The van der Waals surface area contributed by atoms with E-state index in [-0.39, 0.29) is 5.41 Å². The van der Waals surface area contributed by atoms with Crippen LogP contribution in [0.25, 0.3) is 77.9 Å². The third-order valence-corrected chi connectivity index (χ3v) is 11.3. The van der Waals surface area contributed by atoms with E-state index in [1.54, 1.807) is 0 Å². The van der Waals surface area contributed by atoms with Gasteiger partial charge in [-0.1, -0.05) is 159 Å². The van der Waals surface area contributed by atoms with E-state index < -0.39 is 0 Å². The van der Waals surface area contributed by atoms with Gasteiger partial charge < -0.3 is 0 Å². The highest BCUT2D eigenvalue weighted by Gasteiger charge is 2.35. The van der Waals surface area contributed by atoms with Gasteiger partial charge in [0.2, 0.25) is 0 Å². The van der Waals surface area contributed by atoms with Crippen molar-refractivity contribution in [1.82, 2.24) is 0 Å². The standard InChI is InChI=1S/C49H36/c1-49(2)46-17-8-7-15-42(46)43-25-24-37(30-47(43)49)36-22-21-34-26-33(19-20-35(34)27-36)32-11-9-12-38(28-32)45-29-39-23-18-31-10-3-4-13-40(31)48(39)44-16-6-5-14-41(44)45/h3-18,20-30,33H,19H2,1-2H3. The Labute approximate surface area is 287 Å². The fraction of sp³-hybridized carbons (Fsp3) is 0.102. The van der Waals surface area contributed by atoms with Crippen LogP contribution in [-0.4, -0.2) is 0 Å². The second-order valence-corrected chi connectivity index (χ2v) is 14.5. The summed E-state index contributed by atoms with van der Waals surface area (Å²) in [6.07, 6.45) is 5.92. The summed E-state index contributed by atoms with van der Waals surface area (Å²) in [7, 11) is 0. The second kappa shape index (κ2) is 10.6. The molecule has 0 aromatic heterocycles. The first-order valence-corrected chi connectivity index (χ1v) is 17.5. The predicted octanol–water partition coefficient (Wildman–Crippen LogP) is 11.5. The van der Waals surface area contributed by atoms with E-state index in [1.165, 1.54) is 92.8 Å². The van der Waals surface area contributed by atoms with Gasteiger partial charge in [-0.15, -0.1) is 0 Å². The minimum absolute atomic E-state index is 0.00528. The van der Waals surface area contributed by atoms with Gasteiger partial charge in [0.25, 0.3) is 0 Å². The Morgan fingerprint density at radius 3 is 2.12 bits per heavy atom. The van der Waals surface area contributed by atoms with Gasteiger partial charge in [-0.25, -0.2) is 0 Å². The highest BCUT2D eigenvalue weighted by Crippen LogP contribution is 2.49. The summed E-state index contributed by atoms with van der Waals surface area (Å²) in [5.41, 5.74) is 12.1. The van der Waals surface area contributed by atoms with Crippen molar-refractivity contribution in [2.75, 3.05) is 0 Å². The normalized spacial score (nSPS) is 15.8. The highest BCUT2D eigenvalue weighted by atomic mass is 14.4. The van der Waals surface area contributed by atoms with Crippen LogP contribution >= 0.6 is 0 Å². The first-order valence-electron chi connectivity index (χ1n) is 17.5. The fourth-order valence-electron chi connectivity index (χ4n) is 8.79. The van der Waals surface area contributed by atoms with Crippen molar-refractivity contribution in [2.45, 2.75) is 31.6 Å². The van der Waals surface area contributed by atoms with E-state index in [1.807, 2.05) is 0 Å². The van der Waals surface area contributed by atoms with Crippen molar-refractivity contribution in [3.63, 3.8) is 0 Å². The van der Waals surface area contributed by atoms with E-state index in [4.69, 9.17) is 0 Å². The molecule has 0 nitrogen and oxygen atoms in total. The number of rotatable bonds is 3. The van der Waals surface area contributed by atoms with Crippen molar-refractivity contribution < 1.29 is 0 Å². The Morgan fingerprint density at radius 2 is 1.20 bits per heavy atom. The van der Waals surface area contributed by atoms with Gasteiger partial charge in [-0.2, -0.15) is 0 Å². The quantitative estimate of drug-likeness (QED) is 0.172. The zero-order valence-electron chi connectivity index (χ0n) is 27.9. The molecule has 1 unspecified atom stereocenters. The minimum atomic E-state index is 0.00528.